The molecule has 40 heavy (non-hydrogen) atoms. The van der Waals surface area contributed by atoms with Crippen LogP contribution in [0.1, 0.15) is 91.9 Å². The van der Waals surface area contributed by atoms with Gasteiger partial charge in [-0.05, 0) is 27.2 Å². The highest BCUT2D eigenvalue weighted by Gasteiger charge is 2.23. The number of aromatic nitrogens is 2. The SMILES string of the molecule is CCCCCCCCCCCCOC(=O)/C=C\C(=O)O[C@@H](CNC(C)(C)C)COc1nsnc1N1CCOCC1. The number of nitrogens with zero attached hydrogens (tertiary/aromatic N) is 3. The van der Waals surface area contributed by atoms with E-state index in [9.17, 15) is 9.59 Å². The molecule has 0 radical (unpaired) electrons. The van der Waals surface area contributed by atoms with E-state index in [1.54, 1.807) is 0 Å². The van der Waals surface area contributed by atoms with Crippen LogP contribution in [0.3, 0.4) is 0 Å². The number of hydrogen-bond donors (Lipinski definition) is 1. The molecule has 1 aliphatic heterocycles. The first-order valence-corrected chi connectivity index (χ1v) is 15.6. The maximum absolute atomic E-state index is 12.5. The van der Waals surface area contributed by atoms with Gasteiger partial charge in [-0.25, -0.2) is 9.59 Å². The first kappa shape index (κ1) is 34.0. The summed E-state index contributed by atoms with van der Waals surface area (Å²) in [5.41, 5.74) is -0.180. The fourth-order valence-corrected chi connectivity index (χ4v) is 4.63. The lowest BCUT2D eigenvalue weighted by Crippen LogP contribution is -2.44. The van der Waals surface area contributed by atoms with Crippen molar-refractivity contribution in [2.45, 2.75) is 104 Å². The number of unbranched alkanes of at least 4 members (excludes halogenated alkanes) is 9. The molecule has 0 saturated carbocycles. The Hall–Kier alpha value is -2.24. The number of rotatable bonds is 20. The lowest BCUT2D eigenvalue weighted by Gasteiger charge is -2.27. The number of nitrogens with one attached hydrogen (secondary N) is 1. The Morgan fingerprint density at radius 2 is 1.60 bits per heavy atom. The van der Waals surface area contributed by atoms with E-state index in [1.807, 2.05) is 20.8 Å². The highest BCUT2D eigenvalue weighted by atomic mass is 32.1. The fraction of sp³-hybridized carbons (Fsp3) is 0.793. The zero-order chi connectivity index (χ0) is 29.1. The second-order valence-corrected chi connectivity index (χ2v) is 11.7. The minimum absolute atomic E-state index is 0.0919. The van der Waals surface area contributed by atoms with Gasteiger partial charge in [-0.2, -0.15) is 4.37 Å². The number of carbonyl (C=O) groups is 2. The van der Waals surface area contributed by atoms with Crippen LogP contribution in [0.2, 0.25) is 0 Å². The molecule has 2 rings (SSSR count). The van der Waals surface area contributed by atoms with E-state index in [4.69, 9.17) is 18.9 Å². The minimum atomic E-state index is -0.634. The molecule has 0 bridgehead atoms. The van der Waals surface area contributed by atoms with Crippen LogP contribution in [-0.2, 0) is 23.8 Å². The summed E-state index contributed by atoms with van der Waals surface area (Å²) in [6.07, 6.45) is 13.8. The fourth-order valence-electron chi connectivity index (χ4n) is 4.11. The Labute approximate surface area is 244 Å². The van der Waals surface area contributed by atoms with E-state index in [-0.39, 0.29) is 12.1 Å². The van der Waals surface area contributed by atoms with E-state index in [2.05, 4.69) is 25.9 Å². The summed E-state index contributed by atoms with van der Waals surface area (Å²) in [7, 11) is 0. The predicted octanol–water partition coefficient (Wildman–Crippen LogP) is 5.07. The monoisotopic (exact) mass is 582 g/mol. The number of esters is 2. The zero-order valence-corrected chi connectivity index (χ0v) is 25.8. The molecule has 0 aromatic carbocycles. The van der Waals surface area contributed by atoms with Crippen LogP contribution in [0.4, 0.5) is 5.82 Å². The Morgan fingerprint density at radius 1 is 0.975 bits per heavy atom. The molecule has 0 unspecified atom stereocenters. The van der Waals surface area contributed by atoms with Crippen LogP contribution in [0.25, 0.3) is 0 Å². The van der Waals surface area contributed by atoms with Crippen LogP contribution in [0.5, 0.6) is 5.88 Å². The lowest BCUT2D eigenvalue weighted by atomic mass is 10.1. The van der Waals surface area contributed by atoms with Gasteiger partial charge in [0.05, 0.1) is 31.5 Å². The molecule has 0 spiro atoms. The van der Waals surface area contributed by atoms with E-state index in [0.717, 1.165) is 43.1 Å². The molecule has 1 fully saturated rings. The van der Waals surface area contributed by atoms with Gasteiger partial charge in [0.15, 0.2) is 0 Å². The maximum Gasteiger partial charge on any atom is 0.331 e. The molecular formula is C29H50N4O6S. The average Bonchev–Trinajstić information content (AvgIpc) is 3.41. The smallest absolute Gasteiger partial charge is 0.331 e. The summed E-state index contributed by atoms with van der Waals surface area (Å²) in [4.78, 5) is 26.6. The van der Waals surface area contributed by atoms with Crippen LogP contribution in [0.15, 0.2) is 12.2 Å². The number of ether oxygens (including phenoxy) is 4. The maximum atomic E-state index is 12.5. The minimum Gasteiger partial charge on any atom is -0.470 e. The van der Waals surface area contributed by atoms with Gasteiger partial charge >= 0.3 is 11.9 Å². The van der Waals surface area contributed by atoms with Crippen molar-refractivity contribution in [1.82, 2.24) is 14.1 Å². The summed E-state index contributed by atoms with van der Waals surface area (Å²) in [6.45, 7) is 11.8. The molecule has 0 amide bonds. The second-order valence-electron chi connectivity index (χ2n) is 11.2. The van der Waals surface area contributed by atoms with Crippen molar-refractivity contribution in [2.75, 3.05) is 51.0 Å². The normalized spacial score (nSPS) is 14.8. The van der Waals surface area contributed by atoms with E-state index in [1.165, 1.54) is 44.9 Å². The molecule has 1 N–H and O–H groups in total. The Bertz CT molecular complexity index is 867. The molecular weight excluding hydrogens is 532 g/mol. The Balaban J connectivity index is 1.70. The highest BCUT2D eigenvalue weighted by molar-refractivity contribution is 6.99. The third kappa shape index (κ3) is 15.5. The van der Waals surface area contributed by atoms with E-state index >= 15 is 0 Å². The molecule has 0 aliphatic carbocycles. The van der Waals surface area contributed by atoms with Gasteiger partial charge < -0.3 is 29.2 Å². The van der Waals surface area contributed by atoms with Crippen molar-refractivity contribution in [1.29, 1.82) is 0 Å². The van der Waals surface area contributed by atoms with Crippen molar-refractivity contribution in [3.05, 3.63) is 12.2 Å². The predicted molar refractivity (Wildman–Crippen MR) is 158 cm³/mol. The number of hydrogen-bond acceptors (Lipinski definition) is 11. The van der Waals surface area contributed by atoms with Gasteiger partial charge in [-0.3, -0.25) is 0 Å². The number of carbonyl (C=O) groups excluding carboxylic acids is 2. The third-order valence-electron chi connectivity index (χ3n) is 6.40. The average molecular weight is 583 g/mol. The standard InChI is InChI=1S/C29H50N4O6S/c1-5-6-7-8-9-10-11-12-13-14-19-37-25(34)15-16-26(35)39-24(22-30-29(2,3)4)23-38-28-27(31-40-32-28)33-17-20-36-21-18-33/h15-16,24,30H,5-14,17-23H2,1-4H3/b16-15-/t24-/m0/s1. The van der Waals surface area contributed by atoms with Crippen molar-refractivity contribution in [2.24, 2.45) is 0 Å². The second kappa shape index (κ2) is 19.8. The highest BCUT2D eigenvalue weighted by Crippen LogP contribution is 2.26. The van der Waals surface area contributed by atoms with Crippen molar-refractivity contribution in [3.8, 4) is 5.88 Å². The van der Waals surface area contributed by atoms with Crippen LogP contribution in [-0.4, -0.2) is 78.4 Å². The Morgan fingerprint density at radius 3 is 2.25 bits per heavy atom. The molecule has 10 nitrogen and oxygen atoms in total. The number of morpholine rings is 1. The molecule has 228 valence electrons. The first-order chi connectivity index (χ1) is 19.3. The largest absolute Gasteiger partial charge is 0.470 e. The quantitative estimate of drug-likeness (QED) is 0.127. The van der Waals surface area contributed by atoms with Crippen LogP contribution < -0.4 is 15.0 Å². The number of anilines is 1. The third-order valence-corrected chi connectivity index (χ3v) is 6.90. The van der Waals surface area contributed by atoms with Crippen molar-refractivity contribution < 1.29 is 28.5 Å². The summed E-state index contributed by atoms with van der Waals surface area (Å²) in [5, 5.41) is 3.33. The molecule has 1 atom stereocenters. The molecule has 1 aromatic heterocycles. The van der Waals surface area contributed by atoms with Crippen molar-refractivity contribution >= 4 is 29.5 Å². The van der Waals surface area contributed by atoms with Crippen LogP contribution >= 0.6 is 11.7 Å². The summed E-state index contributed by atoms with van der Waals surface area (Å²) in [5.74, 6) is -0.0933. The summed E-state index contributed by atoms with van der Waals surface area (Å²) < 4.78 is 30.8. The lowest BCUT2D eigenvalue weighted by molar-refractivity contribution is -0.145. The van der Waals surface area contributed by atoms with Gasteiger partial charge in [0.25, 0.3) is 5.88 Å². The molecule has 1 aromatic rings. The van der Waals surface area contributed by atoms with Gasteiger partial charge in [0.1, 0.15) is 12.7 Å². The van der Waals surface area contributed by atoms with E-state index < -0.39 is 18.0 Å². The molecule has 1 aliphatic rings. The van der Waals surface area contributed by atoms with E-state index in [0.29, 0.717) is 51.2 Å². The topological polar surface area (TPSA) is 112 Å². The molecule has 1 saturated heterocycles. The molecule has 2 heterocycles. The molecule has 11 heteroatoms. The zero-order valence-electron chi connectivity index (χ0n) is 25.0. The van der Waals surface area contributed by atoms with Gasteiger partial charge in [0.2, 0.25) is 5.82 Å². The van der Waals surface area contributed by atoms with Crippen LogP contribution in [0, 0.1) is 0 Å². The summed E-state index contributed by atoms with van der Waals surface area (Å²) >= 11 is 1.08. The van der Waals surface area contributed by atoms with Gasteiger partial charge in [-0.15, -0.1) is 4.37 Å². The van der Waals surface area contributed by atoms with Gasteiger partial charge in [0, 0.05) is 37.3 Å². The van der Waals surface area contributed by atoms with Crippen molar-refractivity contribution in [3.63, 3.8) is 0 Å². The Kier molecular flexibility index (Phi) is 16.8. The summed E-state index contributed by atoms with van der Waals surface area (Å²) in [6, 6.07) is 0. The van der Waals surface area contributed by atoms with Gasteiger partial charge in [-0.1, -0.05) is 64.7 Å². The first-order valence-electron chi connectivity index (χ1n) is 14.9.